The van der Waals surface area contributed by atoms with E-state index in [9.17, 15) is 4.79 Å². The lowest BCUT2D eigenvalue weighted by atomic mass is 10.1. The summed E-state index contributed by atoms with van der Waals surface area (Å²) < 4.78 is 5.60. The number of para-hydroxylation sites is 1. The lowest BCUT2D eigenvalue weighted by Gasteiger charge is -2.12. The van der Waals surface area contributed by atoms with E-state index in [1.165, 1.54) is 6.20 Å². The molecule has 1 aromatic carbocycles. The molecule has 1 aromatic heterocycles. The van der Waals surface area contributed by atoms with Gasteiger partial charge in [0.25, 0.3) is 5.91 Å². The molecule has 0 aliphatic heterocycles. The van der Waals surface area contributed by atoms with Crippen molar-refractivity contribution in [3.63, 3.8) is 0 Å². The summed E-state index contributed by atoms with van der Waals surface area (Å²) in [6.07, 6.45) is 1.51. The Labute approximate surface area is 151 Å². The Morgan fingerprint density at radius 2 is 1.92 bits per heavy atom. The second-order valence-corrected chi connectivity index (χ2v) is 6.11. The van der Waals surface area contributed by atoms with Gasteiger partial charge in [0.15, 0.2) is 6.61 Å². The molecule has 0 atom stereocenters. The summed E-state index contributed by atoms with van der Waals surface area (Å²) in [4.78, 5) is 15.9. The molecule has 0 bridgehead atoms. The second kappa shape index (κ2) is 8.76. The number of aryl methyl sites for hydroxylation is 2. The van der Waals surface area contributed by atoms with Crippen LogP contribution in [0.3, 0.4) is 0 Å². The highest BCUT2D eigenvalue weighted by Gasteiger charge is 2.07. The Morgan fingerprint density at radius 1 is 1.21 bits per heavy atom. The fourth-order valence-corrected chi connectivity index (χ4v) is 2.59. The van der Waals surface area contributed by atoms with Crippen LogP contribution in [0.5, 0.6) is 5.75 Å². The number of hydrogen-bond acceptors (Lipinski definition) is 4. The van der Waals surface area contributed by atoms with Crippen LogP contribution >= 0.6 is 23.2 Å². The molecule has 0 unspecified atom stereocenters. The van der Waals surface area contributed by atoms with Crippen LogP contribution in [0.15, 0.2) is 30.5 Å². The lowest BCUT2D eigenvalue weighted by molar-refractivity contribution is -0.123. The van der Waals surface area contributed by atoms with Crippen LogP contribution in [0.1, 0.15) is 11.1 Å². The van der Waals surface area contributed by atoms with Crippen molar-refractivity contribution in [2.24, 2.45) is 0 Å². The third-order valence-corrected chi connectivity index (χ3v) is 3.80. The van der Waals surface area contributed by atoms with Gasteiger partial charge in [-0.05, 0) is 31.0 Å². The molecule has 7 heteroatoms. The van der Waals surface area contributed by atoms with Crippen molar-refractivity contribution in [2.45, 2.75) is 13.8 Å². The normalized spacial score (nSPS) is 10.3. The molecule has 24 heavy (non-hydrogen) atoms. The number of aromatic nitrogens is 1. The van der Waals surface area contributed by atoms with E-state index >= 15 is 0 Å². The number of nitrogens with one attached hydrogen (secondary N) is 2. The molecule has 0 fully saturated rings. The zero-order valence-electron chi connectivity index (χ0n) is 13.5. The maximum absolute atomic E-state index is 11.8. The molecule has 0 saturated carbocycles. The zero-order chi connectivity index (χ0) is 17.5. The predicted octanol–water partition coefficient (Wildman–Crippen LogP) is 3.61. The molecule has 2 N–H and O–H groups in total. The van der Waals surface area contributed by atoms with Gasteiger partial charge in [-0.2, -0.15) is 0 Å². The van der Waals surface area contributed by atoms with Crippen molar-refractivity contribution < 1.29 is 9.53 Å². The molecule has 0 aliphatic rings. The topological polar surface area (TPSA) is 63.2 Å². The largest absolute Gasteiger partial charge is 0.483 e. The minimum atomic E-state index is -0.186. The minimum Gasteiger partial charge on any atom is -0.483 e. The van der Waals surface area contributed by atoms with Gasteiger partial charge in [0.2, 0.25) is 0 Å². The van der Waals surface area contributed by atoms with Gasteiger partial charge in [-0.1, -0.05) is 41.4 Å². The third-order valence-electron chi connectivity index (χ3n) is 3.30. The monoisotopic (exact) mass is 367 g/mol. The molecule has 2 aromatic rings. The minimum absolute atomic E-state index is 0.0222. The third kappa shape index (κ3) is 5.28. The number of carbonyl (C=O) groups excluding carboxylic acids is 1. The van der Waals surface area contributed by atoms with Gasteiger partial charge in [0.05, 0.1) is 10.0 Å². The van der Waals surface area contributed by atoms with Gasteiger partial charge in [-0.15, -0.1) is 0 Å². The molecule has 128 valence electrons. The fraction of sp³-hybridized carbons (Fsp3) is 0.294. The maximum Gasteiger partial charge on any atom is 0.258 e. The van der Waals surface area contributed by atoms with E-state index in [1.54, 1.807) is 6.07 Å². The van der Waals surface area contributed by atoms with E-state index in [1.807, 2.05) is 32.0 Å². The molecule has 0 radical (unpaired) electrons. The highest BCUT2D eigenvalue weighted by Crippen LogP contribution is 2.22. The highest BCUT2D eigenvalue weighted by atomic mass is 35.5. The van der Waals surface area contributed by atoms with Crippen LogP contribution < -0.4 is 15.4 Å². The van der Waals surface area contributed by atoms with Crippen molar-refractivity contribution in [3.05, 3.63) is 51.6 Å². The number of amides is 1. The molecular formula is C17H19Cl2N3O2. The Kier molecular flexibility index (Phi) is 6.70. The summed E-state index contributed by atoms with van der Waals surface area (Å²) >= 11 is 11.8. The lowest BCUT2D eigenvalue weighted by Crippen LogP contribution is -2.33. The number of pyridine rings is 1. The maximum atomic E-state index is 11.8. The Hall–Kier alpha value is -1.98. The van der Waals surface area contributed by atoms with Gasteiger partial charge >= 0.3 is 0 Å². The number of ether oxygens (including phenoxy) is 1. The van der Waals surface area contributed by atoms with Crippen molar-refractivity contribution >= 4 is 34.9 Å². The summed E-state index contributed by atoms with van der Waals surface area (Å²) in [7, 11) is 0. The summed E-state index contributed by atoms with van der Waals surface area (Å²) in [5.74, 6) is 1.10. The fourth-order valence-electron chi connectivity index (χ4n) is 2.14. The van der Waals surface area contributed by atoms with Gasteiger partial charge in [-0.3, -0.25) is 4.79 Å². The van der Waals surface area contributed by atoms with E-state index in [2.05, 4.69) is 15.6 Å². The highest BCUT2D eigenvalue weighted by molar-refractivity contribution is 6.35. The molecule has 2 rings (SSSR count). The molecular weight excluding hydrogens is 349 g/mol. The summed E-state index contributed by atoms with van der Waals surface area (Å²) in [6, 6.07) is 7.47. The van der Waals surface area contributed by atoms with Crippen LogP contribution in [0.4, 0.5) is 5.82 Å². The Bertz CT molecular complexity index is 703. The first-order valence-corrected chi connectivity index (χ1v) is 8.23. The van der Waals surface area contributed by atoms with Gasteiger partial charge < -0.3 is 15.4 Å². The quantitative estimate of drug-likeness (QED) is 0.733. The van der Waals surface area contributed by atoms with Gasteiger partial charge in [0, 0.05) is 19.3 Å². The number of hydrogen-bond donors (Lipinski definition) is 2. The molecule has 5 nitrogen and oxygen atoms in total. The van der Waals surface area contributed by atoms with Crippen molar-refractivity contribution in [2.75, 3.05) is 25.0 Å². The molecule has 0 saturated heterocycles. The number of rotatable bonds is 7. The van der Waals surface area contributed by atoms with E-state index < -0.39 is 0 Å². The first kappa shape index (κ1) is 18.4. The Morgan fingerprint density at radius 3 is 2.58 bits per heavy atom. The number of carbonyl (C=O) groups is 1. The summed E-state index contributed by atoms with van der Waals surface area (Å²) in [5, 5.41) is 6.71. The number of halogens is 2. The Balaban J connectivity index is 1.72. The SMILES string of the molecule is Cc1cccc(C)c1OCC(=O)NCCNc1ncc(Cl)cc1Cl. The number of nitrogens with zero attached hydrogens (tertiary/aromatic N) is 1. The van der Waals surface area contributed by atoms with Crippen molar-refractivity contribution in [1.82, 2.24) is 10.3 Å². The second-order valence-electron chi connectivity index (χ2n) is 5.27. The summed E-state index contributed by atoms with van der Waals surface area (Å²) in [5.41, 5.74) is 2.01. The van der Waals surface area contributed by atoms with Crippen LogP contribution in [0, 0.1) is 13.8 Å². The van der Waals surface area contributed by atoms with E-state index in [-0.39, 0.29) is 12.5 Å². The predicted molar refractivity (Wildman–Crippen MR) is 97.2 cm³/mol. The molecule has 1 heterocycles. The molecule has 1 amide bonds. The van der Waals surface area contributed by atoms with E-state index in [0.717, 1.165) is 16.9 Å². The molecule has 0 spiro atoms. The van der Waals surface area contributed by atoms with Gasteiger partial charge in [-0.25, -0.2) is 4.98 Å². The smallest absolute Gasteiger partial charge is 0.258 e. The first-order chi connectivity index (χ1) is 11.5. The molecule has 0 aliphatic carbocycles. The summed E-state index contributed by atoms with van der Waals surface area (Å²) in [6.45, 7) is 4.80. The van der Waals surface area contributed by atoms with E-state index in [0.29, 0.717) is 29.0 Å². The van der Waals surface area contributed by atoms with Crippen LogP contribution in [0.25, 0.3) is 0 Å². The number of benzene rings is 1. The van der Waals surface area contributed by atoms with Crippen LogP contribution in [-0.4, -0.2) is 30.6 Å². The average molecular weight is 368 g/mol. The zero-order valence-corrected chi connectivity index (χ0v) is 15.0. The van der Waals surface area contributed by atoms with Gasteiger partial charge in [0.1, 0.15) is 11.6 Å². The number of anilines is 1. The van der Waals surface area contributed by atoms with Crippen LogP contribution in [-0.2, 0) is 4.79 Å². The average Bonchev–Trinajstić information content (AvgIpc) is 2.52. The van der Waals surface area contributed by atoms with Crippen molar-refractivity contribution in [3.8, 4) is 5.75 Å². The van der Waals surface area contributed by atoms with Crippen LogP contribution in [0.2, 0.25) is 10.0 Å². The van der Waals surface area contributed by atoms with E-state index in [4.69, 9.17) is 27.9 Å². The first-order valence-electron chi connectivity index (χ1n) is 7.48. The standard InChI is InChI=1S/C17H19Cl2N3O2/c1-11-4-3-5-12(2)16(11)24-10-15(23)20-6-7-21-17-14(19)8-13(18)9-22-17/h3-5,8-9H,6-7,10H2,1-2H3,(H,20,23)(H,21,22). The van der Waals surface area contributed by atoms with Crippen molar-refractivity contribution in [1.29, 1.82) is 0 Å².